The molecule has 2 atom stereocenters. The van der Waals surface area contributed by atoms with Crippen LogP contribution >= 0.6 is 0 Å². The van der Waals surface area contributed by atoms with E-state index in [1.165, 1.54) is 4.90 Å². The number of carboxylic acids is 1. The molecule has 1 fully saturated rings. The Hall–Kier alpha value is -3.45. The van der Waals surface area contributed by atoms with Crippen molar-refractivity contribution in [3.8, 4) is 0 Å². The standard InChI is InChI=1S/C27H27NO5S/c29-26(25(21-12-6-2-7-13-21)22-14-8-3-9-15-22)28-19-23(18-24(28)27(30)31)34(32,33)17-16-20-10-4-1-5-11-20/h1-15,23-25H,16-19H2,(H,30,31)/t23-,24-/m0/s1. The summed E-state index contributed by atoms with van der Waals surface area (Å²) in [6, 6.07) is 26.4. The molecule has 0 saturated carbocycles. The van der Waals surface area contributed by atoms with Crippen LogP contribution in [0.5, 0.6) is 0 Å². The first kappa shape index (κ1) is 23.7. The molecule has 6 nitrogen and oxygen atoms in total. The lowest BCUT2D eigenvalue weighted by Crippen LogP contribution is -2.43. The number of rotatable bonds is 8. The molecule has 0 aliphatic carbocycles. The number of carbonyl (C=O) groups excluding carboxylic acids is 1. The van der Waals surface area contributed by atoms with Crippen LogP contribution in [0.3, 0.4) is 0 Å². The van der Waals surface area contributed by atoms with Crippen LogP contribution in [0, 0.1) is 0 Å². The number of hydrogen-bond donors (Lipinski definition) is 1. The van der Waals surface area contributed by atoms with Gasteiger partial charge in [-0.25, -0.2) is 13.2 Å². The normalized spacial score (nSPS) is 18.2. The zero-order valence-corrected chi connectivity index (χ0v) is 19.5. The van der Waals surface area contributed by atoms with E-state index in [1.807, 2.05) is 91.0 Å². The van der Waals surface area contributed by atoms with Crippen molar-refractivity contribution in [2.75, 3.05) is 12.3 Å². The van der Waals surface area contributed by atoms with Crippen molar-refractivity contribution in [3.05, 3.63) is 108 Å². The van der Waals surface area contributed by atoms with Gasteiger partial charge in [0, 0.05) is 6.54 Å². The third kappa shape index (κ3) is 5.20. The number of sulfone groups is 1. The minimum Gasteiger partial charge on any atom is -0.480 e. The summed E-state index contributed by atoms with van der Waals surface area (Å²) in [5, 5.41) is 8.95. The van der Waals surface area contributed by atoms with Crippen LogP contribution in [-0.2, 0) is 25.8 Å². The summed E-state index contributed by atoms with van der Waals surface area (Å²) in [4.78, 5) is 27.1. The van der Waals surface area contributed by atoms with Gasteiger partial charge in [-0.05, 0) is 29.5 Å². The van der Waals surface area contributed by atoms with Crippen LogP contribution in [0.25, 0.3) is 0 Å². The largest absolute Gasteiger partial charge is 0.480 e. The molecule has 3 aromatic rings. The lowest BCUT2D eigenvalue weighted by Gasteiger charge is -2.27. The average molecular weight is 478 g/mol. The highest BCUT2D eigenvalue weighted by Crippen LogP contribution is 2.32. The molecular weight excluding hydrogens is 450 g/mol. The summed E-state index contributed by atoms with van der Waals surface area (Å²) in [5.41, 5.74) is 2.37. The fraction of sp³-hybridized carbons (Fsp3) is 0.259. The van der Waals surface area contributed by atoms with Crippen LogP contribution < -0.4 is 0 Å². The minimum absolute atomic E-state index is 0.0865. The second-order valence-electron chi connectivity index (χ2n) is 8.56. The van der Waals surface area contributed by atoms with Crippen molar-refractivity contribution in [2.45, 2.75) is 30.1 Å². The average Bonchev–Trinajstić information content (AvgIpc) is 3.32. The monoisotopic (exact) mass is 477 g/mol. The zero-order chi connectivity index (χ0) is 24.1. The van der Waals surface area contributed by atoms with Crippen LogP contribution in [0.15, 0.2) is 91.0 Å². The molecule has 1 aliphatic heterocycles. The van der Waals surface area contributed by atoms with Gasteiger partial charge < -0.3 is 10.0 Å². The molecule has 34 heavy (non-hydrogen) atoms. The van der Waals surface area contributed by atoms with Gasteiger partial charge in [-0.3, -0.25) is 4.79 Å². The van der Waals surface area contributed by atoms with Gasteiger partial charge in [0.05, 0.1) is 16.9 Å². The summed E-state index contributed by atoms with van der Waals surface area (Å²) >= 11 is 0. The number of amides is 1. The molecule has 1 heterocycles. The number of benzene rings is 3. The Morgan fingerprint density at radius 1 is 0.853 bits per heavy atom. The van der Waals surface area contributed by atoms with Crippen LogP contribution in [0.4, 0.5) is 0 Å². The van der Waals surface area contributed by atoms with E-state index in [9.17, 15) is 23.1 Å². The SMILES string of the molecule is O=C(O)[C@@H]1C[C@H](S(=O)(=O)CCc2ccccc2)CN1C(=O)C(c1ccccc1)c1ccccc1. The highest BCUT2D eigenvalue weighted by atomic mass is 32.2. The molecule has 4 rings (SSSR count). The highest BCUT2D eigenvalue weighted by Gasteiger charge is 2.46. The van der Waals surface area contributed by atoms with Gasteiger partial charge in [0.15, 0.2) is 9.84 Å². The second kappa shape index (κ2) is 10.2. The predicted octanol–water partition coefficient (Wildman–Crippen LogP) is 3.53. The Morgan fingerprint density at radius 2 is 1.35 bits per heavy atom. The molecule has 0 bridgehead atoms. The van der Waals surface area contributed by atoms with E-state index < -0.39 is 38.9 Å². The molecule has 176 valence electrons. The fourth-order valence-electron chi connectivity index (χ4n) is 4.54. The molecule has 1 saturated heterocycles. The highest BCUT2D eigenvalue weighted by molar-refractivity contribution is 7.92. The van der Waals surface area contributed by atoms with Crippen LogP contribution in [0.1, 0.15) is 29.0 Å². The summed E-state index contributed by atoms with van der Waals surface area (Å²) in [6.45, 7) is -0.122. The van der Waals surface area contributed by atoms with Crippen molar-refractivity contribution in [1.29, 1.82) is 0 Å². The van der Waals surface area contributed by atoms with Crippen molar-refractivity contribution in [3.63, 3.8) is 0 Å². The molecule has 1 N–H and O–H groups in total. The first-order chi connectivity index (χ1) is 16.4. The van der Waals surface area contributed by atoms with E-state index in [2.05, 4.69) is 0 Å². The Labute approximate surface area is 199 Å². The van der Waals surface area contributed by atoms with Gasteiger partial charge in [0.1, 0.15) is 6.04 Å². The molecule has 0 radical (unpaired) electrons. The smallest absolute Gasteiger partial charge is 0.326 e. The van der Waals surface area contributed by atoms with Gasteiger partial charge in [-0.2, -0.15) is 0 Å². The molecular formula is C27H27NO5S. The summed E-state index contributed by atoms with van der Waals surface area (Å²) < 4.78 is 26.2. The number of carbonyl (C=O) groups is 2. The zero-order valence-electron chi connectivity index (χ0n) is 18.7. The number of carboxylic acid groups (broad SMARTS) is 1. The number of likely N-dealkylation sites (tertiary alicyclic amines) is 1. The quantitative estimate of drug-likeness (QED) is 0.536. The Kier molecular flexibility index (Phi) is 7.12. The molecule has 0 unspecified atom stereocenters. The fourth-order valence-corrected chi connectivity index (χ4v) is 6.26. The van der Waals surface area contributed by atoms with Crippen molar-refractivity contribution in [2.24, 2.45) is 0 Å². The lowest BCUT2D eigenvalue weighted by molar-refractivity contribution is -0.148. The van der Waals surface area contributed by atoms with Crippen molar-refractivity contribution >= 4 is 21.7 Å². The molecule has 7 heteroatoms. The number of aryl methyl sites for hydroxylation is 1. The first-order valence-electron chi connectivity index (χ1n) is 11.3. The van der Waals surface area contributed by atoms with Gasteiger partial charge in [-0.1, -0.05) is 91.0 Å². The molecule has 0 spiro atoms. The van der Waals surface area contributed by atoms with Crippen molar-refractivity contribution in [1.82, 2.24) is 4.90 Å². The van der Waals surface area contributed by atoms with E-state index in [0.717, 1.165) is 16.7 Å². The number of aliphatic carboxylic acids is 1. The maximum atomic E-state index is 13.8. The van der Waals surface area contributed by atoms with Crippen LogP contribution in [0.2, 0.25) is 0 Å². The number of hydrogen-bond acceptors (Lipinski definition) is 4. The lowest BCUT2D eigenvalue weighted by atomic mass is 9.90. The predicted molar refractivity (Wildman–Crippen MR) is 130 cm³/mol. The number of nitrogens with zero attached hydrogens (tertiary/aromatic N) is 1. The van der Waals surface area contributed by atoms with E-state index >= 15 is 0 Å². The Balaban J connectivity index is 1.60. The van der Waals surface area contributed by atoms with Crippen LogP contribution in [-0.4, -0.2) is 53.9 Å². The second-order valence-corrected chi connectivity index (χ2v) is 11.0. The Morgan fingerprint density at radius 3 is 1.85 bits per heavy atom. The summed E-state index contributed by atoms with van der Waals surface area (Å²) in [5.74, 6) is -2.38. The molecule has 1 aliphatic rings. The molecule has 0 aromatic heterocycles. The van der Waals surface area contributed by atoms with E-state index in [1.54, 1.807) is 0 Å². The molecule has 3 aromatic carbocycles. The van der Waals surface area contributed by atoms with E-state index in [-0.39, 0.29) is 18.7 Å². The Bertz CT molecular complexity index is 1190. The van der Waals surface area contributed by atoms with Gasteiger partial charge in [-0.15, -0.1) is 0 Å². The molecule has 1 amide bonds. The van der Waals surface area contributed by atoms with Gasteiger partial charge in [0.25, 0.3) is 0 Å². The van der Waals surface area contributed by atoms with Gasteiger partial charge >= 0.3 is 5.97 Å². The summed E-state index contributed by atoms with van der Waals surface area (Å²) in [7, 11) is -3.60. The first-order valence-corrected chi connectivity index (χ1v) is 13.0. The summed E-state index contributed by atoms with van der Waals surface area (Å²) in [6.07, 6.45) is 0.247. The maximum absolute atomic E-state index is 13.8. The third-order valence-corrected chi connectivity index (χ3v) is 8.50. The van der Waals surface area contributed by atoms with Gasteiger partial charge in [0.2, 0.25) is 5.91 Å². The van der Waals surface area contributed by atoms with Crippen molar-refractivity contribution < 1.29 is 23.1 Å². The van der Waals surface area contributed by atoms with E-state index in [4.69, 9.17) is 0 Å². The maximum Gasteiger partial charge on any atom is 0.326 e. The van der Waals surface area contributed by atoms with E-state index in [0.29, 0.717) is 6.42 Å². The minimum atomic E-state index is -3.60. The topological polar surface area (TPSA) is 91.8 Å². The third-order valence-electron chi connectivity index (χ3n) is 6.37.